The first kappa shape index (κ1) is 15.7. The van der Waals surface area contributed by atoms with Crippen LogP contribution in [0.5, 0.6) is 0 Å². The van der Waals surface area contributed by atoms with Gasteiger partial charge in [0.1, 0.15) is 11.6 Å². The average Bonchev–Trinajstić information content (AvgIpc) is 2.48. The van der Waals surface area contributed by atoms with Crippen LogP contribution < -0.4 is 5.56 Å². The van der Waals surface area contributed by atoms with Crippen molar-refractivity contribution in [3.8, 4) is 0 Å². The fraction of sp³-hybridized carbons (Fsp3) is 0.267. The summed E-state index contributed by atoms with van der Waals surface area (Å²) in [6.07, 6.45) is 1.25. The first-order valence-electron chi connectivity index (χ1n) is 6.44. The summed E-state index contributed by atoms with van der Waals surface area (Å²) in [4.78, 5) is 24.0. The monoisotopic (exact) mass is 324 g/mol. The lowest BCUT2D eigenvalue weighted by Crippen LogP contribution is -2.27. The van der Waals surface area contributed by atoms with E-state index in [9.17, 15) is 9.59 Å². The highest BCUT2D eigenvalue weighted by molar-refractivity contribution is 6.41. The van der Waals surface area contributed by atoms with Gasteiger partial charge in [0.05, 0.1) is 11.2 Å². The molecular formula is C15H14Cl2N2O2. The van der Waals surface area contributed by atoms with E-state index in [1.54, 1.807) is 12.1 Å². The lowest BCUT2D eigenvalue weighted by Gasteiger charge is -2.07. The molecule has 0 N–H and O–H groups in total. The van der Waals surface area contributed by atoms with Crippen LogP contribution in [0.3, 0.4) is 0 Å². The lowest BCUT2D eigenvalue weighted by molar-refractivity contribution is 0.0965. The molecule has 0 fully saturated rings. The third-order valence-corrected chi connectivity index (χ3v) is 3.88. The van der Waals surface area contributed by atoms with Crippen LogP contribution in [0.25, 0.3) is 0 Å². The number of hydrogen-bond acceptors (Lipinski definition) is 3. The van der Waals surface area contributed by atoms with E-state index in [0.717, 1.165) is 10.2 Å². The SMILES string of the molecule is CC(C)c1ccc(C(=O)Cn2ncc(Cl)c(Cl)c2=O)cc1. The van der Waals surface area contributed by atoms with Gasteiger partial charge in [-0.25, -0.2) is 4.68 Å². The molecule has 0 saturated heterocycles. The van der Waals surface area contributed by atoms with E-state index < -0.39 is 5.56 Å². The third-order valence-electron chi connectivity index (χ3n) is 3.14. The van der Waals surface area contributed by atoms with E-state index in [0.29, 0.717) is 11.5 Å². The molecule has 0 radical (unpaired) electrons. The number of benzene rings is 1. The highest BCUT2D eigenvalue weighted by atomic mass is 35.5. The second kappa shape index (κ2) is 6.41. The summed E-state index contributed by atoms with van der Waals surface area (Å²) in [7, 11) is 0. The van der Waals surface area contributed by atoms with Gasteiger partial charge in [0.15, 0.2) is 5.78 Å². The molecule has 6 heteroatoms. The van der Waals surface area contributed by atoms with Crippen LogP contribution in [0.1, 0.15) is 35.7 Å². The first-order valence-corrected chi connectivity index (χ1v) is 7.20. The van der Waals surface area contributed by atoms with Gasteiger partial charge >= 0.3 is 0 Å². The van der Waals surface area contributed by atoms with Crippen molar-refractivity contribution in [2.45, 2.75) is 26.3 Å². The molecule has 0 aliphatic rings. The number of halogens is 2. The molecular weight excluding hydrogens is 311 g/mol. The van der Waals surface area contributed by atoms with Crippen LogP contribution in [-0.4, -0.2) is 15.6 Å². The molecule has 0 aliphatic heterocycles. The molecule has 21 heavy (non-hydrogen) atoms. The molecule has 1 heterocycles. The van der Waals surface area contributed by atoms with Crippen LogP contribution in [-0.2, 0) is 6.54 Å². The van der Waals surface area contributed by atoms with Gasteiger partial charge < -0.3 is 0 Å². The van der Waals surface area contributed by atoms with Gasteiger partial charge in [0.2, 0.25) is 0 Å². The summed E-state index contributed by atoms with van der Waals surface area (Å²) in [5, 5.41) is 3.76. The summed E-state index contributed by atoms with van der Waals surface area (Å²) in [6.45, 7) is 3.99. The van der Waals surface area contributed by atoms with Crippen molar-refractivity contribution in [1.29, 1.82) is 0 Å². The number of Topliss-reactive ketones (excluding diaryl/α,β-unsaturated/α-hetero) is 1. The van der Waals surface area contributed by atoms with Gasteiger partial charge in [0, 0.05) is 5.56 Å². The summed E-state index contributed by atoms with van der Waals surface area (Å²) in [5.74, 6) is 0.187. The van der Waals surface area contributed by atoms with Gasteiger partial charge in [-0.2, -0.15) is 5.10 Å². The quantitative estimate of drug-likeness (QED) is 0.808. The van der Waals surface area contributed by atoms with E-state index in [2.05, 4.69) is 18.9 Å². The predicted molar refractivity (Wildman–Crippen MR) is 83.4 cm³/mol. The van der Waals surface area contributed by atoms with Crippen molar-refractivity contribution in [2.24, 2.45) is 0 Å². The molecule has 2 rings (SSSR count). The number of nitrogens with zero attached hydrogens (tertiary/aromatic N) is 2. The molecule has 0 amide bonds. The maximum absolute atomic E-state index is 12.2. The molecule has 2 aromatic rings. The predicted octanol–water partition coefficient (Wildman–Crippen LogP) is 3.56. The second-order valence-electron chi connectivity index (χ2n) is 4.97. The molecule has 0 bridgehead atoms. The summed E-state index contributed by atoms with van der Waals surface area (Å²) in [6, 6.07) is 7.31. The Morgan fingerprint density at radius 1 is 1.24 bits per heavy atom. The highest BCUT2D eigenvalue weighted by Gasteiger charge is 2.12. The summed E-state index contributed by atoms with van der Waals surface area (Å²) < 4.78 is 1.01. The van der Waals surface area contributed by atoms with Gasteiger partial charge in [-0.05, 0) is 11.5 Å². The van der Waals surface area contributed by atoms with Gasteiger partial charge in [-0.15, -0.1) is 0 Å². The first-order chi connectivity index (χ1) is 9.90. The van der Waals surface area contributed by atoms with Gasteiger partial charge in [0.25, 0.3) is 5.56 Å². The lowest BCUT2D eigenvalue weighted by atomic mass is 10.0. The molecule has 1 aromatic carbocycles. The Labute approximate surface area is 132 Å². The van der Waals surface area contributed by atoms with Crippen LogP contribution >= 0.6 is 23.2 Å². The minimum absolute atomic E-state index is 0.0756. The minimum Gasteiger partial charge on any atom is -0.292 e. The molecule has 0 saturated carbocycles. The summed E-state index contributed by atoms with van der Waals surface area (Å²) in [5.41, 5.74) is 1.10. The number of rotatable bonds is 4. The maximum Gasteiger partial charge on any atom is 0.287 e. The van der Waals surface area contributed by atoms with Crippen molar-refractivity contribution in [3.63, 3.8) is 0 Å². The van der Waals surface area contributed by atoms with E-state index in [4.69, 9.17) is 23.2 Å². The number of carbonyl (C=O) groups is 1. The third kappa shape index (κ3) is 3.52. The molecule has 110 valence electrons. The molecule has 0 unspecified atom stereocenters. The van der Waals surface area contributed by atoms with Gasteiger partial charge in [-0.3, -0.25) is 9.59 Å². The van der Waals surface area contributed by atoms with Crippen molar-refractivity contribution in [1.82, 2.24) is 9.78 Å². The zero-order valence-corrected chi connectivity index (χ0v) is 13.1. The number of hydrogen-bond donors (Lipinski definition) is 0. The van der Waals surface area contributed by atoms with Crippen molar-refractivity contribution in [3.05, 3.63) is 62.0 Å². The van der Waals surface area contributed by atoms with E-state index in [1.165, 1.54) is 6.20 Å². The van der Waals surface area contributed by atoms with Crippen LogP contribution in [0.15, 0.2) is 35.3 Å². The number of ketones is 1. The summed E-state index contributed by atoms with van der Waals surface area (Å²) >= 11 is 11.4. The van der Waals surface area contributed by atoms with E-state index in [1.807, 2.05) is 12.1 Å². The van der Waals surface area contributed by atoms with Crippen molar-refractivity contribution < 1.29 is 4.79 Å². The van der Waals surface area contributed by atoms with E-state index in [-0.39, 0.29) is 22.4 Å². The molecule has 4 nitrogen and oxygen atoms in total. The Kier molecular flexibility index (Phi) is 4.80. The van der Waals surface area contributed by atoms with Crippen LogP contribution in [0.2, 0.25) is 10.0 Å². The Balaban J connectivity index is 2.22. The highest BCUT2D eigenvalue weighted by Crippen LogP contribution is 2.16. The van der Waals surface area contributed by atoms with Crippen molar-refractivity contribution in [2.75, 3.05) is 0 Å². The fourth-order valence-electron chi connectivity index (χ4n) is 1.84. The van der Waals surface area contributed by atoms with Crippen molar-refractivity contribution >= 4 is 29.0 Å². The maximum atomic E-state index is 12.2. The van der Waals surface area contributed by atoms with Gasteiger partial charge in [-0.1, -0.05) is 61.3 Å². The van der Waals surface area contributed by atoms with Crippen LogP contribution in [0.4, 0.5) is 0 Å². The normalized spacial score (nSPS) is 10.9. The minimum atomic E-state index is -0.573. The Morgan fingerprint density at radius 2 is 1.86 bits per heavy atom. The second-order valence-corrected chi connectivity index (χ2v) is 5.75. The molecule has 0 aliphatic carbocycles. The molecule has 1 aromatic heterocycles. The van der Waals surface area contributed by atoms with Crippen LogP contribution in [0, 0.1) is 0 Å². The molecule has 0 atom stereocenters. The standard InChI is InChI=1S/C15H14Cl2N2O2/c1-9(2)10-3-5-11(6-4-10)13(20)8-19-15(21)14(17)12(16)7-18-19/h3-7,9H,8H2,1-2H3. The largest absolute Gasteiger partial charge is 0.292 e. The zero-order valence-electron chi connectivity index (χ0n) is 11.6. The Morgan fingerprint density at radius 3 is 2.43 bits per heavy atom. The average molecular weight is 325 g/mol. The van der Waals surface area contributed by atoms with E-state index >= 15 is 0 Å². The Hall–Kier alpha value is -1.65. The fourth-order valence-corrected chi connectivity index (χ4v) is 2.11. The number of carbonyl (C=O) groups excluding carboxylic acids is 1. The smallest absolute Gasteiger partial charge is 0.287 e. The molecule has 0 spiro atoms. The number of aromatic nitrogens is 2. The zero-order chi connectivity index (χ0) is 15.6. The Bertz CT molecular complexity index is 721. The topological polar surface area (TPSA) is 52.0 Å².